The molecule has 1 aliphatic rings. The molecule has 1 aromatic rings. The monoisotopic (exact) mass is 277 g/mol. The van der Waals surface area contributed by atoms with Gasteiger partial charge in [0.25, 0.3) is 0 Å². The third kappa shape index (κ3) is 3.40. The molecule has 20 heavy (non-hydrogen) atoms. The Morgan fingerprint density at radius 3 is 2.75 bits per heavy atom. The van der Waals surface area contributed by atoms with Crippen LogP contribution >= 0.6 is 0 Å². The zero-order valence-electron chi connectivity index (χ0n) is 11.2. The van der Waals surface area contributed by atoms with Crippen molar-refractivity contribution in [2.45, 2.75) is 12.8 Å². The summed E-state index contributed by atoms with van der Waals surface area (Å²) in [7, 11) is 0. The minimum Gasteiger partial charge on any atom is -0.491 e. The van der Waals surface area contributed by atoms with Crippen molar-refractivity contribution in [1.29, 1.82) is 0 Å². The molecule has 0 aliphatic carbocycles. The van der Waals surface area contributed by atoms with E-state index in [4.69, 9.17) is 16.2 Å². The number of nitrogens with zero attached hydrogens (tertiary/aromatic N) is 1. The van der Waals surface area contributed by atoms with Gasteiger partial charge in [0.1, 0.15) is 5.75 Å². The first-order valence-electron chi connectivity index (χ1n) is 6.62. The van der Waals surface area contributed by atoms with Crippen LogP contribution < -0.4 is 16.2 Å². The van der Waals surface area contributed by atoms with Gasteiger partial charge in [0, 0.05) is 13.1 Å². The predicted molar refractivity (Wildman–Crippen MR) is 74.8 cm³/mol. The van der Waals surface area contributed by atoms with Crippen LogP contribution in [0.3, 0.4) is 0 Å². The molecule has 1 saturated heterocycles. The number of primary amides is 1. The molecule has 108 valence electrons. The fourth-order valence-electron chi connectivity index (χ4n) is 2.24. The lowest BCUT2D eigenvalue weighted by atomic mass is 10.1. The Hall–Kier alpha value is -2.24. The second kappa shape index (κ2) is 6.27. The molecule has 2 rings (SSSR count). The maximum atomic E-state index is 12.0. The van der Waals surface area contributed by atoms with E-state index < -0.39 is 0 Å². The number of likely N-dealkylation sites (tertiary alicyclic amines) is 1. The second-order valence-electron chi connectivity index (χ2n) is 4.86. The summed E-state index contributed by atoms with van der Waals surface area (Å²) in [5.41, 5.74) is 11.5. The van der Waals surface area contributed by atoms with Crippen LogP contribution in [-0.4, -0.2) is 36.4 Å². The summed E-state index contributed by atoms with van der Waals surface area (Å²) < 4.78 is 5.48. The topological polar surface area (TPSA) is 98.7 Å². The summed E-state index contributed by atoms with van der Waals surface area (Å²) in [5, 5.41) is 0. The Bertz CT molecular complexity index is 504. The van der Waals surface area contributed by atoms with Gasteiger partial charge in [0.15, 0.2) is 0 Å². The van der Waals surface area contributed by atoms with Crippen molar-refractivity contribution >= 4 is 17.5 Å². The van der Waals surface area contributed by atoms with E-state index in [0.717, 1.165) is 0 Å². The maximum absolute atomic E-state index is 12.0. The first kappa shape index (κ1) is 14.2. The number of hydrogen-bond donors (Lipinski definition) is 2. The summed E-state index contributed by atoms with van der Waals surface area (Å²) >= 11 is 0. The van der Waals surface area contributed by atoms with E-state index in [2.05, 4.69) is 0 Å². The fraction of sp³-hybridized carbons (Fsp3) is 0.429. The highest BCUT2D eigenvalue weighted by molar-refractivity contribution is 5.81. The van der Waals surface area contributed by atoms with E-state index in [1.807, 2.05) is 12.1 Å². The van der Waals surface area contributed by atoms with Crippen LogP contribution in [0.15, 0.2) is 24.3 Å². The third-order valence-electron chi connectivity index (χ3n) is 3.44. The molecule has 1 heterocycles. The molecule has 1 unspecified atom stereocenters. The molecule has 4 N–H and O–H groups in total. The molecule has 6 nitrogen and oxygen atoms in total. The van der Waals surface area contributed by atoms with Crippen molar-refractivity contribution in [2.75, 3.05) is 25.4 Å². The highest BCUT2D eigenvalue weighted by Gasteiger charge is 2.29. The smallest absolute Gasteiger partial charge is 0.226 e. The molecule has 6 heteroatoms. The summed E-state index contributed by atoms with van der Waals surface area (Å²) in [6, 6.07) is 7.15. The van der Waals surface area contributed by atoms with Crippen LogP contribution in [-0.2, 0) is 9.59 Å². The van der Waals surface area contributed by atoms with E-state index in [1.165, 1.54) is 0 Å². The molecule has 1 atom stereocenters. The van der Waals surface area contributed by atoms with Crippen LogP contribution in [0.4, 0.5) is 5.69 Å². The minimum absolute atomic E-state index is 0.0248. The van der Waals surface area contributed by atoms with Crippen molar-refractivity contribution in [2.24, 2.45) is 11.7 Å². The predicted octanol–water partition coefficient (Wildman–Crippen LogP) is 0.371. The molecular weight excluding hydrogens is 258 g/mol. The SMILES string of the molecule is NC(=O)C1CCN(C(=O)CCOc2ccccc2N)C1. The number of carbonyl (C=O) groups excluding carboxylic acids is 2. The molecule has 0 spiro atoms. The Morgan fingerprint density at radius 1 is 1.35 bits per heavy atom. The number of nitrogen functional groups attached to an aromatic ring is 1. The number of rotatable bonds is 5. The molecule has 0 radical (unpaired) electrons. The molecule has 1 fully saturated rings. The van der Waals surface area contributed by atoms with Crippen molar-refractivity contribution in [3.63, 3.8) is 0 Å². The van der Waals surface area contributed by atoms with Gasteiger partial charge in [-0.25, -0.2) is 0 Å². The summed E-state index contributed by atoms with van der Waals surface area (Å²) in [4.78, 5) is 24.7. The first-order chi connectivity index (χ1) is 9.58. The summed E-state index contributed by atoms with van der Waals surface area (Å²) in [5.74, 6) is -0.00164. The highest BCUT2D eigenvalue weighted by Crippen LogP contribution is 2.20. The normalized spacial score (nSPS) is 18.0. The minimum atomic E-state index is -0.339. The molecular formula is C14H19N3O3. The molecule has 1 aliphatic heterocycles. The lowest BCUT2D eigenvalue weighted by Gasteiger charge is -2.16. The van der Waals surface area contributed by atoms with Gasteiger partial charge in [0.05, 0.1) is 24.6 Å². The standard InChI is InChI=1S/C14H19N3O3/c15-11-3-1-2-4-12(11)20-8-6-13(18)17-7-5-10(9-17)14(16)19/h1-4,10H,5-9,15H2,(H2,16,19). The number of nitrogens with two attached hydrogens (primary N) is 2. The van der Waals surface area contributed by atoms with E-state index in [-0.39, 0.29) is 30.8 Å². The van der Waals surface area contributed by atoms with Crippen LogP contribution in [0, 0.1) is 5.92 Å². The van der Waals surface area contributed by atoms with E-state index in [0.29, 0.717) is 30.9 Å². The van der Waals surface area contributed by atoms with Gasteiger partial charge in [-0.2, -0.15) is 0 Å². The third-order valence-corrected chi connectivity index (χ3v) is 3.44. The first-order valence-corrected chi connectivity index (χ1v) is 6.62. The number of ether oxygens (including phenoxy) is 1. The van der Waals surface area contributed by atoms with Crippen LogP contribution in [0.2, 0.25) is 0 Å². The van der Waals surface area contributed by atoms with Crippen LogP contribution in [0.25, 0.3) is 0 Å². The van der Waals surface area contributed by atoms with Gasteiger partial charge in [-0.1, -0.05) is 12.1 Å². The fourth-order valence-corrected chi connectivity index (χ4v) is 2.24. The Balaban J connectivity index is 1.76. The average Bonchev–Trinajstić information content (AvgIpc) is 2.91. The van der Waals surface area contributed by atoms with Gasteiger partial charge >= 0.3 is 0 Å². The number of para-hydroxylation sites is 2. The number of amides is 2. The zero-order chi connectivity index (χ0) is 14.5. The highest BCUT2D eigenvalue weighted by atomic mass is 16.5. The van der Waals surface area contributed by atoms with Gasteiger partial charge in [0.2, 0.25) is 11.8 Å². The second-order valence-corrected chi connectivity index (χ2v) is 4.86. The number of hydrogen-bond acceptors (Lipinski definition) is 4. The molecule has 0 saturated carbocycles. The van der Waals surface area contributed by atoms with E-state index in [1.54, 1.807) is 17.0 Å². The van der Waals surface area contributed by atoms with Gasteiger partial charge < -0.3 is 21.1 Å². The Kier molecular flexibility index (Phi) is 4.45. The molecule has 0 aromatic heterocycles. The zero-order valence-corrected chi connectivity index (χ0v) is 11.2. The lowest BCUT2D eigenvalue weighted by molar-refractivity contribution is -0.131. The summed E-state index contributed by atoms with van der Waals surface area (Å²) in [6.07, 6.45) is 0.910. The summed E-state index contributed by atoms with van der Waals surface area (Å²) in [6.45, 7) is 1.27. The van der Waals surface area contributed by atoms with Crippen molar-refractivity contribution in [3.05, 3.63) is 24.3 Å². The average molecular weight is 277 g/mol. The molecule has 1 aromatic carbocycles. The van der Waals surface area contributed by atoms with Crippen molar-refractivity contribution in [3.8, 4) is 5.75 Å². The number of anilines is 1. The Labute approximate surface area is 117 Å². The van der Waals surface area contributed by atoms with Gasteiger partial charge in [-0.15, -0.1) is 0 Å². The quantitative estimate of drug-likeness (QED) is 0.760. The van der Waals surface area contributed by atoms with E-state index >= 15 is 0 Å². The van der Waals surface area contributed by atoms with Gasteiger partial charge in [-0.3, -0.25) is 9.59 Å². The maximum Gasteiger partial charge on any atom is 0.226 e. The van der Waals surface area contributed by atoms with Crippen molar-refractivity contribution in [1.82, 2.24) is 4.90 Å². The van der Waals surface area contributed by atoms with E-state index in [9.17, 15) is 9.59 Å². The molecule has 2 amide bonds. The lowest BCUT2D eigenvalue weighted by Crippen LogP contribution is -2.32. The molecule has 0 bridgehead atoms. The van der Waals surface area contributed by atoms with Crippen LogP contribution in [0.1, 0.15) is 12.8 Å². The Morgan fingerprint density at radius 2 is 2.10 bits per heavy atom. The van der Waals surface area contributed by atoms with Gasteiger partial charge in [-0.05, 0) is 18.6 Å². The number of benzene rings is 1. The number of carbonyl (C=O) groups is 2. The van der Waals surface area contributed by atoms with Crippen molar-refractivity contribution < 1.29 is 14.3 Å². The van der Waals surface area contributed by atoms with Crippen LogP contribution in [0.5, 0.6) is 5.75 Å². The largest absolute Gasteiger partial charge is 0.491 e.